The number of amides is 2. The number of hydrogen-bond acceptors (Lipinski definition) is 3. The van der Waals surface area contributed by atoms with Crippen molar-refractivity contribution in [1.82, 2.24) is 5.32 Å². The Hall–Kier alpha value is -2.79. The molecule has 0 unspecified atom stereocenters. The molecule has 2 amide bonds. The van der Waals surface area contributed by atoms with Crippen molar-refractivity contribution in [2.24, 2.45) is 5.92 Å². The summed E-state index contributed by atoms with van der Waals surface area (Å²) in [6, 6.07) is 14.7. The summed E-state index contributed by atoms with van der Waals surface area (Å²) in [5.41, 5.74) is 1.27. The number of benzene rings is 2. The molecule has 0 radical (unpaired) electrons. The molecule has 1 aliphatic heterocycles. The second-order valence-electron chi connectivity index (χ2n) is 8.02. The van der Waals surface area contributed by atoms with Crippen LogP contribution in [0.25, 0.3) is 6.08 Å². The normalized spacial score (nSPS) is 22.4. The zero-order valence-corrected chi connectivity index (χ0v) is 17.7. The summed E-state index contributed by atoms with van der Waals surface area (Å²) in [5.74, 6) is 0.872. The van der Waals surface area contributed by atoms with Gasteiger partial charge in [0.25, 0.3) is 5.91 Å². The van der Waals surface area contributed by atoms with E-state index in [2.05, 4.69) is 12.2 Å². The van der Waals surface area contributed by atoms with Crippen LogP contribution in [0.3, 0.4) is 0 Å². The number of ether oxygens (including phenoxy) is 1. The molecule has 1 heterocycles. The van der Waals surface area contributed by atoms with Gasteiger partial charge in [-0.25, -0.2) is 0 Å². The lowest BCUT2D eigenvalue weighted by atomic mass is 9.87. The number of nitrogens with zero attached hydrogens (tertiary/aromatic N) is 1. The van der Waals surface area contributed by atoms with Crippen molar-refractivity contribution in [3.63, 3.8) is 0 Å². The maximum atomic E-state index is 13.2. The highest BCUT2D eigenvalue weighted by Crippen LogP contribution is 2.36. The molecule has 0 atom stereocenters. The summed E-state index contributed by atoms with van der Waals surface area (Å²) in [6.45, 7) is 2.19. The van der Waals surface area contributed by atoms with Gasteiger partial charge < -0.3 is 10.1 Å². The van der Waals surface area contributed by atoms with Crippen molar-refractivity contribution in [3.05, 3.63) is 64.9 Å². The number of rotatable bonds is 4. The number of hydrogen-bond donors (Lipinski definition) is 1. The van der Waals surface area contributed by atoms with Gasteiger partial charge in [-0.15, -0.1) is 0 Å². The van der Waals surface area contributed by atoms with Gasteiger partial charge in [-0.1, -0.05) is 48.9 Å². The van der Waals surface area contributed by atoms with E-state index < -0.39 is 0 Å². The number of para-hydroxylation sites is 2. The quantitative estimate of drug-likeness (QED) is 0.717. The summed E-state index contributed by atoms with van der Waals surface area (Å²) in [5, 5.41) is 3.62. The van der Waals surface area contributed by atoms with E-state index in [4.69, 9.17) is 16.3 Å². The molecule has 5 nitrogen and oxygen atoms in total. The number of halogens is 1. The van der Waals surface area contributed by atoms with Gasteiger partial charge in [0.15, 0.2) is 11.5 Å². The van der Waals surface area contributed by atoms with Gasteiger partial charge in [0.2, 0.25) is 5.91 Å². The Balaban J connectivity index is 1.56. The fourth-order valence-electron chi connectivity index (χ4n) is 3.97. The Morgan fingerprint density at radius 1 is 1.13 bits per heavy atom. The number of nitrogens with one attached hydrogen (secondary N) is 1. The Morgan fingerprint density at radius 2 is 1.83 bits per heavy atom. The van der Waals surface area contributed by atoms with E-state index in [9.17, 15) is 9.59 Å². The first kappa shape index (κ1) is 20.5. The summed E-state index contributed by atoms with van der Waals surface area (Å²) in [6.07, 6.45) is 5.83. The average molecular weight is 425 g/mol. The molecule has 156 valence electrons. The molecule has 0 spiro atoms. The number of fused-ring (bicyclic) bond motifs is 1. The van der Waals surface area contributed by atoms with E-state index in [0.29, 0.717) is 27.9 Å². The smallest absolute Gasteiger partial charge is 0.294 e. The third-order valence-electron chi connectivity index (χ3n) is 5.71. The molecule has 0 aromatic heterocycles. The lowest BCUT2D eigenvalue weighted by Gasteiger charge is -2.31. The number of carbonyl (C=O) groups excluding carboxylic acids is 2. The fourth-order valence-corrected chi connectivity index (χ4v) is 4.16. The maximum Gasteiger partial charge on any atom is 0.294 e. The minimum absolute atomic E-state index is 0.0505. The van der Waals surface area contributed by atoms with Gasteiger partial charge in [0.05, 0.1) is 5.69 Å². The standard InChI is InChI=1S/C24H25ClN2O3/c1-16-10-12-18(13-11-16)26-23(28)15-27-20-8-4-5-9-21(20)30-22(24(27)29)14-17-6-2-3-7-19(17)25/h2-9,14,16,18H,10-13,15H2,1H3,(H,26,28). The minimum Gasteiger partial charge on any atom is -0.449 e. The zero-order valence-electron chi connectivity index (χ0n) is 16.9. The van der Waals surface area contributed by atoms with Gasteiger partial charge >= 0.3 is 0 Å². The van der Waals surface area contributed by atoms with E-state index in [1.807, 2.05) is 30.3 Å². The Bertz CT molecular complexity index is 980. The molecule has 6 heteroatoms. The molecule has 2 aromatic carbocycles. The molecule has 2 aromatic rings. The van der Waals surface area contributed by atoms with Gasteiger partial charge in [-0.3, -0.25) is 14.5 Å². The highest BCUT2D eigenvalue weighted by atomic mass is 35.5. The van der Waals surface area contributed by atoms with Crippen LogP contribution in [0.15, 0.2) is 54.3 Å². The van der Waals surface area contributed by atoms with Crippen molar-refractivity contribution in [1.29, 1.82) is 0 Å². The molecular formula is C24H25ClN2O3. The molecule has 1 saturated carbocycles. The Kier molecular flexibility index (Phi) is 6.09. The molecule has 1 aliphatic carbocycles. The first-order valence-corrected chi connectivity index (χ1v) is 10.7. The second-order valence-corrected chi connectivity index (χ2v) is 8.42. The van der Waals surface area contributed by atoms with Crippen LogP contribution in [0, 0.1) is 5.92 Å². The van der Waals surface area contributed by atoms with E-state index in [0.717, 1.165) is 25.7 Å². The number of anilines is 1. The fraction of sp³-hybridized carbons (Fsp3) is 0.333. The van der Waals surface area contributed by atoms with Gasteiger partial charge in [-0.05, 0) is 61.4 Å². The molecule has 1 fully saturated rings. The van der Waals surface area contributed by atoms with Crippen molar-refractivity contribution < 1.29 is 14.3 Å². The monoisotopic (exact) mass is 424 g/mol. The minimum atomic E-state index is -0.360. The molecule has 0 saturated heterocycles. The van der Waals surface area contributed by atoms with Crippen LogP contribution < -0.4 is 15.0 Å². The molecule has 1 N–H and O–H groups in total. The van der Waals surface area contributed by atoms with Crippen molar-refractivity contribution in [3.8, 4) is 5.75 Å². The molecule has 2 aliphatic rings. The second kappa shape index (κ2) is 8.92. The van der Waals surface area contributed by atoms with E-state index in [1.54, 1.807) is 24.3 Å². The Morgan fingerprint density at radius 3 is 2.60 bits per heavy atom. The summed E-state index contributed by atoms with van der Waals surface area (Å²) in [4.78, 5) is 27.4. The van der Waals surface area contributed by atoms with Crippen molar-refractivity contribution in [2.45, 2.75) is 38.6 Å². The van der Waals surface area contributed by atoms with Crippen LogP contribution in [0.5, 0.6) is 5.75 Å². The summed E-state index contributed by atoms with van der Waals surface area (Å²) in [7, 11) is 0. The van der Waals surface area contributed by atoms with E-state index in [-0.39, 0.29) is 30.2 Å². The zero-order chi connectivity index (χ0) is 21.1. The molecule has 30 heavy (non-hydrogen) atoms. The van der Waals surface area contributed by atoms with Crippen LogP contribution in [0.4, 0.5) is 5.69 Å². The lowest BCUT2D eigenvalue weighted by Crippen LogP contribution is -2.47. The SMILES string of the molecule is CC1CCC(NC(=O)CN2C(=O)C(=Cc3ccccc3Cl)Oc3ccccc32)CC1. The average Bonchev–Trinajstić information content (AvgIpc) is 2.74. The third kappa shape index (κ3) is 4.51. The van der Waals surface area contributed by atoms with Crippen molar-refractivity contribution >= 4 is 35.2 Å². The van der Waals surface area contributed by atoms with Gasteiger partial charge in [-0.2, -0.15) is 0 Å². The van der Waals surface area contributed by atoms with Crippen LogP contribution in [0.1, 0.15) is 38.2 Å². The maximum absolute atomic E-state index is 13.2. The third-order valence-corrected chi connectivity index (χ3v) is 6.05. The van der Waals surface area contributed by atoms with Crippen LogP contribution in [-0.4, -0.2) is 24.4 Å². The molecular weight excluding hydrogens is 400 g/mol. The van der Waals surface area contributed by atoms with Gasteiger partial charge in [0.1, 0.15) is 6.54 Å². The highest BCUT2D eigenvalue weighted by Gasteiger charge is 2.32. The van der Waals surface area contributed by atoms with E-state index in [1.165, 1.54) is 4.90 Å². The predicted molar refractivity (Wildman–Crippen MR) is 118 cm³/mol. The highest BCUT2D eigenvalue weighted by molar-refractivity contribution is 6.32. The molecule has 0 bridgehead atoms. The lowest BCUT2D eigenvalue weighted by molar-refractivity contribution is -0.124. The first-order chi connectivity index (χ1) is 14.5. The van der Waals surface area contributed by atoms with Crippen LogP contribution in [0.2, 0.25) is 5.02 Å². The van der Waals surface area contributed by atoms with Gasteiger partial charge in [0, 0.05) is 11.1 Å². The summed E-state index contributed by atoms with van der Waals surface area (Å²) < 4.78 is 5.86. The topological polar surface area (TPSA) is 58.6 Å². The number of carbonyl (C=O) groups is 2. The predicted octanol–water partition coefficient (Wildman–Crippen LogP) is 4.80. The van der Waals surface area contributed by atoms with Crippen LogP contribution >= 0.6 is 11.6 Å². The first-order valence-electron chi connectivity index (χ1n) is 10.4. The Labute approximate surface area is 181 Å². The van der Waals surface area contributed by atoms with Crippen LogP contribution in [-0.2, 0) is 9.59 Å². The van der Waals surface area contributed by atoms with Crippen molar-refractivity contribution in [2.75, 3.05) is 11.4 Å². The largest absolute Gasteiger partial charge is 0.449 e. The summed E-state index contributed by atoms with van der Waals surface area (Å²) >= 11 is 6.24. The molecule has 4 rings (SSSR count). The van der Waals surface area contributed by atoms with E-state index >= 15 is 0 Å².